The third-order valence-electron chi connectivity index (χ3n) is 2.39. The van der Waals surface area contributed by atoms with Gasteiger partial charge in [-0.3, -0.25) is 4.79 Å². The largest absolute Gasteiger partial charge is 0.399 e. The summed E-state index contributed by atoms with van der Waals surface area (Å²) in [6.45, 7) is 8.36. The Hall–Kier alpha value is -2.03. The van der Waals surface area contributed by atoms with E-state index in [1.54, 1.807) is 29.2 Å². The summed E-state index contributed by atoms with van der Waals surface area (Å²) in [6.07, 6.45) is 3.80. The van der Waals surface area contributed by atoms with Gasteiger partial charge in [-0.05, 0) is 17.7 Å². The molecule has 90 valence electrons. The second-order valence-electron chi connectivity index (χ2n) is 3.79. The number of carbonyl (C=O) groups excluding carboxylic acids is 1. The van der Waals surface area contributed by atoms with Gasteiger partial charge in [0.2, 0.25) is 5.91 Å². The predicted octanol–water partition coefficient (Wildman–Crippen LogP) is 2.01. The molecule has 2 N–H and O–H groups in total. The summed E-state index contributed by atoms with van der Waals surface area (Å²) in [7, 11) is 0. The van der Waals surface area contributed by atoms with Gasteiger partial charge in [-0.1, -0.05) is 24.3 Å². The molecule has 0 aliphatic heterocycles. The number of nitrogen functional groups attached to an aromatic ring is 1. The summed E-state index contributed by atoms with van der Waals surface area (Å²) in [5, 5.41) is 0. The average Bonchev–Trinajstić information content (AvgIpc) is 2.32. The van der Waals surface area contributed by atoms with Gasteiger partial charge >= 0.3 is 0 Å². The number of carbonyl (C=O) groups is 1. The standard InChI is InChI=1S/C14H18N2O/c1-3-9-16(10-4-2)14(17)11-12-5-7-13(15)8-6-12/h3-8H,1-2,9-11,15H2. The lowest BCUT2D eigenvalue weighted by molar-refractivity contribution is -0.129. The highest BCUT2D eigenvalue weighted by Crippen LogP contribution is 2.07. The molecule has 0 fully saturated rings. The number of nitrogens with zero attached hydrogens (tertiary/aromatic N) is 1. The topological polar surface area (TPSA) is 46.3 Å². The summed E-state index contributed by atoms with van der Waals surface area (Å²) in [6, 6.07) is 7.34. The third-order valence-corrected chi connectivity index (χ3v) is 2.39. The Labute approximate surface area is 102 Å². The lowest BCUT2D eigenvalue weighted by Gasteiger charge is -2.19. The van der Waals surface area contributed by atoms with E-state index in [-0.39, 0.29) is 5.91 Å². The monoisotopic (exact) mass is 230 g/mol. The Kier molecular flexibility index (Phi) is 5.01. The van der Waals surface area contributed by atoms with Gasteiger partial charge in [0.05, 0.1) is 6.42 Å². The second-order valence-corrected chi connectivity index (χ2v) is 3.79. The SMILES string of the molecule is C=CCN(CC=C)C(=O)Cc1ccc(N)cc1. The normalized spacial score (nSPS) is 9.65. The Bertz CT molecular complexity index is 385. The van der Waals surface area contributed by atoms with E-state index in [4.69, 9.17) is 5.73 Å². The smallest absolute Gasteiger partial charge is 0.227 e. The quantitative estimate of drug-likeness (QED) is 0.600. The summed E-state index contributed by atoms with van der Waals surface area (Å²) >= 11 is 0. The molecule has 0 bridgehead atoms. The zero-order valence-electron chi connectivity index (χ0n) is 9.93. The van der Waals surface area contributed by atoms with Crippen molar-refractivity contribution in [2.75, 3.05) is 18.8 Å². The van der Waals surface area contributed by atoms with Gasteiger partial charge in [-0.25, -0.2) is 0 Å². The van der Waals surface area contributed by atoms with E-state index in [1.807, 2.05) is 12.1 Å². The Balaban J connectivity index is 2.65. The van der Waals surface area contributed by atoms with E-state index in [1.165, 1.54) is 0 Å². The summed E-state index contributed by atoms with van der Waals surface area (Å²) in [4.78, 5) is 13.7. The van der Waals surface area contributed by atoms with Crippen LogP contribution in [0.3, 0.4) is 0 Å². The van der Waals surface area contributed by atoms with Gasteiger partial charge in [-0.15, -0.1) is 13.2 Å². The van der Waals surface area contributed by atoms with Crippen LogP contribution >= 0.6 is 0 Å². The van der Waals surface area contributed by atoms with Gasteiger partial charge in [0.1, 0.15) is 0 Å². The molecule has 0 spiro atoms. The van der Waals surface area contributed by atoms with Gasteiger partial charge in [0.15, 0.2) is 0 Å². The van der Waals surface area contributed by atoms with Gasteiger partial charge in [0.25, 0.3) is 0 Å². The van der Waals surface area contributed by atoms with Crippen LogP contribution in [0.1, 0.15) is 5.56 Å². The van der Waals surface area contributed by atoms with Crippen LogP contribution in [0.25, 0.3) is 0 Å². The predicted molar refractivity (Wildman–Crippen MR) is 71.5 cm³/mol. The first-order valence-electron chi connectivity index (χ1n) is 5.51. The van der Waals surface area contributed by atoms with E-state index in [9.17, 15) is 4.79 Å². The summed E-state index contributed by atoms with van der Waals surface area (Å²) in [5.74, 6) is 0.0644. The van der Waals surface area contributed by atoms with Crippen molar-refractivity contribution >= 4 is 11.6 Å². The highest BCUT2D eigenvalue weighted by atomic mass is 16.2. The highest BCUT2D eigenvalue weighted by molar-refractivity contribution is 5.79. The molecular formula is C14H18N2O. The molecule has 1 amide bonds. The van der Waals surface area contributed by atoms with Crippen LogP contribution in [-0.2, 0) is 11.2 Å². The molecule has 0 heterocycles. The molecule has 0 aliphatic carbocycles. The molecule has 0 aliphatic rings. The molecule has 1 aromatic carbocycles. The minimum absolute atomic E-state index is 0.0644. The van der Waals surface area contributed by atoms with Gasteiger partial charge < -0.3 is 10.6 Å². The number of hydrogen-bond donors (Lipinski definition) is 1. The molecule has 1 rings (SSSR count). The molecule has 17 heavy (non-hydrogen) atoms. The maximum atomic E-state index is 12.0. The number of amides is 1. The van der Waals surface area contributed by atoms with Crippen molar-refractivity contribution in [3.63, 3.8) is 0 Å². The van der Waals surface area contributed by atoms with E-state index < -0.39 is 0 Å². The van der Waals surface area contributed by atoms with Crippen LogP contribution in [0.15, 0.2) is 49.6 Å². The second kappa shape index (κ2) is 6.53. The highest BCUT2D eigenvalue weighted by Gasteiger charge is 2.10. The first-order valence-corrected chi connectivity index (χ1v) is 5.51. The third kappa shape index (κ3) is 4.15. The lowest BCUT2D eigenvalue weighted by atomic mass is 10.1. The van der Waals surface area contributed by atoms with Crippen molar-refractivity contribution in [2.45, 2.75) is 6.42 Å². The van der Waals surface area contributed by atoms with E-state index in [0.717, 1.165) is 5.56 Å². The van der Waals surface area contributed by atoms with E-state index in [0.29, 0.717) is 25.2 Å². The van der Waals surface area contributed by atoms with Crippen molar-refractivity contribution in [3.8, 4) is 0 Å². The van der Waals surface area contributed by atoms with Crippen LogP contribution in [0.4, 0.5) is 5.69 Å². The number of hydrogen-bond acceptors (Lipinski definition) is 2. The minimum Gasteiger partial charge on any atom is -0.399 e. The number of nitrogens with two attached hydrogens (primary N) is 1. The van der Waals surface area contributed by atoms with Crippen molar-refractivity contribution in [1.82, 2.24) is 4.90 Å². The average molecular weight is 230 g/mol. The molecule has 0 radical (unpaired) electrons. The van der Waals surface area contributed by atoms with Crippen LogP contribution in [0, 0.1) is 0 Å². The Morgan fingerprint density at radius 2 is 1.71 bits per heavy atom. The number of rotatable bonds is 6. The van der Waals surface area contributed by atoms with E-state index >= 15 is 0 Å². The number of anilines is 1. The van der Waals surface area contributed by atoms with Crippen molar-refractivity contribution in [1.29, 1.82) is 0 Å². The Morgan fingerprint density at radius 1 is 1.18 bits per heavy atom. The van der Waals surface area contributed by atoms with E-state index in [2.05, 4.69) is 13.2 Å². The summed E-state index contributed by atoms with van der Waals surface area (Å²) in [5.41, 5.74) is 7.26. The van der Waals surface area contributed by atoms with Crippen LogP contribution in [0.2, 0.25) is 0 Å². The maximum absolute atomic E-state index is 12.0. The fraction of sp³-hybridized carbons (Fsp3) is 0.214. The van der Waals surface area contributed by atoms with Crippen molar-refractivity contribution in [3.05, 3.63) is 55.1 Å². The minimum atomic E-state index is 0.0644. The summed E-state index contributed by atoms with van der Waals surface area (Å²) < 4.78 is 0. The van der Waals surface area contributed by atoms with Gasteiger partial charge in [-0.2, -0.15) is 0 Å². The molecule has 3 nitrogen and oxygen atoms in total. The van der Waals surface area contributed by atoms with Crippen molar-refractivity contribution < 1.29 is 4.79 Å². The molecular weight excluding hydrogens is 212 g/mol. The molecule has 0 saturated carbocycles. The van der Waals surface area contributed by atoms with Crippen LogP contribution in [0.5, 0.6) is 0 Å². The van der Waals surface area contributed by atoms with Crippen LogP contribution < -0.4 is 5.73 Å². The zero-order valence-corrected chi connectivity index (χ0v) is 9.93. The molecule has 0 aromatic heterocycles. The molecule has 3 heteroatoms. The molecule has 0 atom stereocenters. The Morgan fingerprint density at radius 3 is 2.18 bits per heavy atom. The zero-order chi connectivity index (χ0) is 12.7. The van der Waals surface area contributed by atoms with Crippen LogP contribution in [-0.4, -0.2) is 23.9 Å². The molecule has 0 unspecified atom stereocenters. The molecule has 0 saturated heterocycles. The van der Waals surface area contributed by atoms with Gasteiger partial charge in [0, 0.05) is 18.8 Å². The fourth-order valence-corrected chi connectivity index (χ4v) is 1.51. The maximum Gasteiger partial charge on any atom is 0.227 e. The first kappa shape index (κ1) is 13.0. The number of benzene rings is 1. The fourth-order valence-electron chi connectivity index (χ4n) is 1.51. The van der Waals surface area contributed by atoms with Crippen molar-refractivity contribution in [2.24, 2.45) is 0 Å². The molecule has 1 aromatic rings. The first-order chi connectivity index (χ1) is 8.17. The lowest BCUT2D eigenvalue weighted by Crippen LogP contribution is -2.32.